The van der Waals surface area contributed by atoms with Crippen LogP contribution in [-0.2, 0) is 32.5 Å². The number of hydrogen-bond donors (Lipinski definition) is 2. The van der Waals surface area contributed by atoms with E-state index in [2.05, 4.69) is 10.4 Å². The summed E-state index contributed by atoms with van der Waals surface area (Å²) < 4.78 is 43.5. The lowest BCUT2D eigenvalue weighted by Gasteiger charge is -2.23. The molecule has 5 rings (SSSR count). The number of aromatic nitrogens is 5. The van der Waals surface area contributed by atoms with Gasteiger partial charge in [-0.15, -0.1) is 5.10 Å². The Morgan fingerprint density at radius 1 is 1.07 bits per heavy atom. The van der Waals surface area contributed by atoms with Gasteiger partial charge < -0.3 is 10.4 Å². The van der Waals surface area contributed by atoms with Crippen molar-refractivity contribution in [2.75, 3.05) is 7.05 Å². The number of hydrogen-bond acceptors (Lipinski definition) is 5. The molecule has 2 aromatic carbocycles. The van der Waals surface area contributed by atoms with E-state index in [0.29, 0.717) is 34.3 Å². The van der Waals surface area contributed by atoms with Gasteiger partial charge in [-0.25, -0.2) is 9.48 Å². The number of rotatable bonds is 8. The second kappa shape index (κ2) is 11.4. The maximum Gasteiger partial charge on any atom is 0.416 e. The fourth-order valence-electron chi connectivity index (χ4n) is 4.99. The predicted molar refractivity (Wildman–Crippen MR) is 146 cm³/mol. The molecule has 0 bridgehead atoms. The molecule has 40 heavy (non-hydrogen) atoms. The van der Waals surface area contributed by atoms with Crippen LogP contribution in [0.15, 0.2) is 53.3 Å². The van der Waals surface area contributed by atoms with Gasteiger partial charge >= 0.3 is 11.9 Å². The van der Waals surface area contributed by atoms with Crippen molar-refractivity contribution in [1.29, 1.82) is 0 Å². The summed E-state index contributed by atoms with van der Waals surface area (Å²) in [5.74, 6) is -0.00965. The third kappa shape index (κ3) is 5.83. The summed E-state index contributed by atoms with van der Waals surface area (Å²) in [5.41, 5.74) is 3.11. The number of alkyl halides is 3. The van der Waals surface area contributed by atoms with Crippen LogP contribution >= 0.6 is 23.2 Å². The number of nitrogens with one attached hydrogen (secondary N) is 1. The summed E-state index contributed by atoms with van der Waals surface area (Å²) in [5, 5.41) is 23.3. The van der Waals surface area contributed by atoms with Gasteiger partial charge in [0.05, 0.1) is 25.3 Å². The van der Waals surface area contributed by atoms with Crippen LogP contribution in [0.1, 0.15) is 28.9 Å². The van der Waals surface area contributed by atoms with Crippen molar-refractivity contribution < 1.29 is 18.3 Å². The zero-order chi connectivity index (χ0) is 28.6. The van der Waals surface area contributed by atoms with Crippen molar-refractivity contribution in [1.82, 2.24) is 29.4 Å². The Kier molecular flexibility index (Phi) is 8.10. The van der Waals surface area contributed by atoms with Gasteiger partial charge in [-0.05, 0) is 61.3 Å². The molecule has 1 aliphatic carbocycles. The molecular formula is C27H27Cl2F3N6O2. The van der Waals surface area contributed by atoms with Crippen molar-refractivity contribution >= 4 is 23.2 Å². The average Bonchev–Trinajstić information content (AvgIpc) is 3.42. The van der Waals surface area contributed by atoms with Gasteiger partial charge in [0.15, 0.2) is 11.9 Å². The van der Waals surface area contributed by atoms with Crippen molar-refractivity contribution in [3.8, 4) is 11.4 Å². The molecule has 0 fully saturated rings. The van der Waals surface area contributed by atoms with Gasteiger partial charge in [0.25, 0.3) is 0 Å². The first-order valence-electron chi connectivity index (χ1n) is 12.7. The van der Waals surface area contributed by atoms with Gasteiger partial charge in [-0.2, -0.15) is 18.3 Å². The predicted octanol–water partition coefficient (Wildman–Crippen LogP) is 4.31. The Balaban J connectivity index is 1.56. The molecule has 0 radical (unpaired) electrons. The number of nitrogens with zero attached hydrogens (tertiary/aromatic N) is 5. The smallest absolute Gasteiger partial charge is 0.382 e. The van der Waals surface area contributed by atoms with E-state index < -0.39 is 24.5 Å². The average molecular weight is 595 g/mol. The van der Waals surface area contributed by atoms with Gasteiger partial charge in [-0.1, -0.05) is 41.4 Å². The fourth-order valence-corrected chi connectivity index (χ4v) is 5.31. The molecular weight excluding hydrogens is 568 g/mol. The summed E-state index contributed by atoms with van der Waals surface area (Å²) in [6, 6.07) is 14.0. The number of halogens is 5. The van der Waals surface area contributed by atoms with Gasteiger partial charge in [0, 0.05) is 33.8 Å². The fraction of sp³-hybridized carbons (Fsp3) is 0.370. The highest BCUT2D eigenvalue weighted by atomic mass is 35.5. The number of aliphatic hydroxyl groups is 1. The minimum Gasteiger partial charge on any atom is -0.382 e. The topological polar surface area (TPSA) is 89.9 Å². The highest BCUT2D eigenvalue weighted by molar-refractivity contribution is 6.31. The van der Waals surface area contributed by atoms with Gasteiger partial charge in [-0.3, -0.25) is 9.25 Å². The first kappa shape index (κ1) is 28.4. The number of fused-ring (bicyclic) bond motifs is 1. The molecule has 0 aliphatic heterocycles. The standard InChI is InChI=1S/C27H27Cl2F3N6O2/c1-33-19-10-11-20-22(34-37(23(20)12-19)13-17-4-2-3-5-21(17)29)14-38-26(40)36(15-24(39)27(30,31)32)25(35-38)16-6-8-18(28)9-7-16/h2-9,19,24,33,39H,10-15H2,1H3/t19?,24-/m0/s1. The van der Waals surface area contributed by atoms with Crippen molar-refractivity contribution in [2.24, 2.45) is 0 Å². The van der Waals surface area contributed by atoms with Crippen LogP contribution in [-0.4, -0.2) is 54.6 Å². The Hall–Kier alpha value is -3.12. The molecule has 1 unspecified atom stereocenters. The summed E-state index contributed by atoms with van der Waals surface area (Å²) in [4.78, 5) is 13.4. The molecule has 0 amide bonds. The van der Waals surface area contributed by atoms with Crippen LogP contribution < -0.4 is 11.0 Å². The van der Waals surface area contributed by atoms with E-state index in [9.17, 15) is 23.1 Å². The summed E-state index contributed by atoms with van der Waals surface area (Å²) in [7, 11) is 1.91. The highest BCUT2D eigenvalue weighted by Crippen LogP contribution is 2.28. The zero-order valence-corrected chi connectivity index (χ0v) is 23.0. The van der Waals surface area contributed by atoms with Crippen LogP contribution in [0.5, 0.6) is 0 Å². The van der Waals surface area contributed by atoms with E-state index in [4.69, 9.17) is 28.3 Å². The maximum atomic E-state index is 13.4. The number of benzene rings is 2. The normalized spacial score (nSPS) is 16.2. The summed E-state index contributed by atoms with van der Waals surface area (Å²) in [6.45, 7) is -0.616. The van der Waals surface area contributed by atoms with E-state index in [1.165, 1.54) is 0 Å². The summed E-state index contributed by atoms with van der Waals surface area (Å²) in [6.07, 6.45) is -5.34. The second-order valence-corrected chi connectivity index (χ2v) is 10.6. The van der Waals surface area contributed by atoms with Crippen LogP contribution in [0, 0.1) is 0 Å². The third-order valence-electron chi connectivity index (χ3n) is 7.18. The van der Waals surface area contributed by atoms with E-state index >= 15 is 0 Å². The monoisotopic (exact) mass is 594 g/mol. The highest BCUT2D eigenvalue weighted by Gasteiger charge is 2.39. The molecule has 0 saturated carbocycles. The SMILES string of the molecule is CNC1CCc2c(Cn3nc(-c4ccc(Cl)cc4)n(C[C@H](O)C(F)(F)F)c3=O)nn(Cc3ccccc3Cl)c2C1. The molecule has 2 heterocycles. The molecule has 8 nitrogen and oxygen atoms in total. The van der Waals surface area contributed by atoms with Crippen LogP contribution in [0.3, 0.4) is 0 Å². The molecule has 212 valence electrons. The molecule has 2 aromatic heterocycles. The molecule has 2 atom stereocenters. The number of likely N-dealkylation sites (N-methyl/N-ethyl adjacent to an activating group) is 1. The van der Waals surface area contributed by atoms with Crippen LogP contribution in [0.2, 0.25) is 10.0 Å². The Labute approximate surface area is 237 Å². The van der Waals surface area contributed by atoms with Crippen molar-refractivity contribution in [2.45, 2.75) is 57.2 Å². The van der Waals surface area contributed by atoms with Crippen molar-refractivity contribution in [3.63, 3.8) is 0 Å². The maximum absolute atomic E-state index is 13.4. The van der Waals surface area contributed by atoms with Crippen LogP contribution in [0.4, 0.5) is 13.2 Å². The van der Waals surface area contributed by atoms with E-state index in [1.54, 1.807) is 24.3 Å². The van der Waals surface area contributed by atoms with E-state index in [-0.39, 0.29) is 18.4 Å². The Morgan fingerprint density at radius 2 is 1.80 bits per heavy atom. The quantitative estimate of drug-likeness (QED) is 0.317. The Bertz CT molecular complexity index is 1560. The lowest BCUT2D eigenvalue weighted by Crippen LogP contribution is -2.37. The van der Waals surface area contributed by atoms with Gasteiger partial charge in [0.2, 0.25) is 0 Å². The minimum absolute atomic E-state index is 0.00965. The first-order valence-corrected chi connectivity index (χ1v) is 13.5. The van der Waals surface area contributed by atoms with E-state index in [0.717, 1.165) is 38.9 Å². The van der Waals surface area contributed by atoms with Gasteiger partial charge in [0.1, 0.15) is 0 Å². The van der Waals surface area contributed by atoms with Crippen molar-refractivity contribution in [3.05, 3.63) is 91.6 Å². The van der Waals surface area contributed by atoms with E-state index in [1.807, 2.05) is 36.0 Å². The van der Waals surface area contributed by atoms with Crippen LogP contribution in [0.25, 0.3) is 11.4 Å². The molecule has 2 N–H and O–H groups in total. The third-order valence-corrected chi connectivity index (χ3v) is 7.80. The largest absolute Gasteiger partial charge is 0.416 e. The number of aliphatic hydroxyl groups excluding tert-OH is 1. The molecule has 13 heteroatoms. The summed E-state index contributed by atoms with van der Waals surface area (Å²) >= 11 is 12.4. The lowest BCUT2D eigenvalue weighted by molar-refractivity contribution is -0.207. The lowest BCUT2D eigenvalue weighted by atomic mass is 9.91. The molecule has 4 aromatic rings. The molecule has 0 saturated heterocycles. The molecule has 0 spiro atoms. The Morgan fingerprint density at radius 3 is 2.48 bits per heavy atom. The first-order chi connectivity index (χ1) is 19.0. The minimum atomic E-state index is -4.90. The molecule has 1 aliphatic rings. The second-order valence-electron chi connectivity index (χ2n) is 9.79. The zero-order valence-electron chi connectivity index (χ0n) is 21.5.